The third-order valence-electron chi connectivity index (χ3n) is 2.97. The summed E-state index contributed by atoms with van der Waals surface area (Å²) in [6.07, 6.45) is 0. The van der Waals surface area contributed by atoms with E-state index in [4.69, 9.17) is 5.73 Å². The number of hydrogen-bond donors (Lipinski definition) is 1. The highest BCUT2D eigenvalue weighted by Crippen LogP contribution is 2.28. The van der Waals surface area contributed by atoms with Crippen LogP contribution in [0.1, 0.15) is 16.5 Å². The van der Waals surface area contributed by atoms with Gasteiger partial charge in [-0.05, 0) is 36.1 Å². The van der Waals surface area contributed by atoms with Gasteiger partial charge in [0.1, 0.15) is 0 Å². The summed E-state index contributed by atoms with van der Waals surface area (Å²) in [6, 6.07) is 13.0. The van der Waals surface area contributed by atoms with E-state index >= 15 is 0 Å². The molecule has 0 saturated heterocycles. The van der Waals surface area contributed by atoms with Crippen molar-refractivity contribution >= 4 is 17.0 Å². The molecule has 2 N–H and O–H groups in total. The highest BCUT2D eigenvalue weighted by molar-refractivity contribution is 7.10. The van der Waals surface area contributed by atoms with Gasteiger partial charge in [0.25, 0.3) is 0 Å². The highest BCUT2D eigenvalue weighted by Gasteiger charge is 2.16. The monoisotopic (exact) mass is 246 g/mol. The Morgan fingerprint density at radius 2 is 2.12 bits per heavy atom. The first-order valence-corrected chi connectivity index (χ1v) is 6.63. The van der Waals surface area contributed by atoms with E-state index in [1.165, 1.54) is 16.1 Å². The van der Waals surface area contributed by atoms with Crippen molar-refractivity contribution in [2.24, 2.45) is 5.73 Å². The molecule has 2 rings (SSSR count). The molecule has 0 aliphatic carbocycles. The van der Waals surface area contributed by atoms with Crippen LogP contribution in [0.3, 0.4) is 0 Å². The average molecular weight is 246 g/mol. The maximum atomic E-state index is 5.91. The smallest absolute Gasteiger partial charge is 0.0753 e. The largest absolute Gasteiger partial charge is 0.365 e. The number of nitrogens with two attached hydrogens (primary N) is 1. The van der Waals surface area contributed by atoms with Crippen molar-refractivity contribution < 1.29 is 0 Å². The molecule has 0 spiro atoms. The van der Waals surface area contributed by atoms with E-state index in [2.05, 4.69) is 60.6 Å². The second-order valence-electron chi connectivity index (χ2n) is 4.22. The second-order valence-corrected chi connectivity index (χ2v) is 5.20. The second kappa shape index (κ2) is 5.34. The predicted molar refractivity (Wildman–Crippen MR) is 75.7 cm³/mol. The van der Waals surface area contributed by atoms with Gasteiger partial charge in [0, 0.05) is 24.2 Å². The molecule has 17 heavy (non-hydrogen) atoms. The molecule has 3 heteroatoms. The van der Waals surface area contributed by atoms with Gasteiger partial charge in [-0.15, -0.1) is 11.3 Å². The van der Waals surface area contributed by atoms with Crippen molar-refractivity contribution in [1.82, 2.24) is 0 Å². The number of hydrogen-bond acceptors (Lipinski definition) is 3. The number of likely N-dealkylation sites (N-methyl/N-ethyl adjacent to an activating group) is 1. The van der Waals surface area contributed by atoms with Gasteiger partial charge in [-0.1, -0.05) is 18.2 Å². The Morgan fingerprint density at radius 1 is 1.29 bits per heavy atom. The summed E-state index contributed by atoms with van der Waals surface area (Å²) >= 11 is 1.76. The van der Waals surface area contributed by atoms with Gasteiger partial charge in [-0.2, -0.15) is 0 Å². The minimum Gasteiger partial charge on any atom is -0.365 e. The Labute approximate surface area is 107 Å². The Balaban J connectivity index is 2.26. The van der Waals surface area contributed by atoms with Gasteiger partial charge in [0.15, 0.2) is 0 Å². The molecule has 0 aliphatic rings. The maximum absolute atomic E-state index is 5.91. The third-order valence-corrected chi connectivity index (χ3v) is 3.94. The Morgan fingerprint density at radius 3 is 2.71 bits per heavy atom. The number of anilines is 1. The van der Waals surface area contributed by atoms with E-state index < -0.39 is 0 Å². The molecule has 0 radical (unpaired) electrons. The van der Waals surface area contributed by atoms with Gasteiger partial charge in [0.2, 0.25) is 0 Å². The maximum Gasteiger partial charge on any atom is 0.0753 e. The van der Waals surface area contributed by atoms with E-state index in [0.29, 0.717) is 6.54 Å². The van der Waals surface area contributed by atoms with E-state index in [0.717, 1.165) is 0 Å². The molecule has 1 unspecified atom stereocenters. The van der Waals surface area contributed by atoms with Gasteiger partial charge >= 0.3 is 0 Å². The topological polar surface area (TPSA) is 29.3 Å². The van der Waals surface area contributed by atoms with Gasteiger partial charge in [0.05, 0.1) is 6.04 Å². The lowest BCUT2D eigenvalue weighted by Gasteiger charge is -2.28. The molecule has 1 heterocycles. The van der Waals surface area contributed by atoms with E-state index in [1.807, 2.05) is 0 Å². The Kier molecular flexibility index (Phi) is 3.82. The van der Waals surface area contributed by atoms with Crippen molar-refractivity contribution in [2.45, 2.75) is 13.0 Å². The molecule has 0 bridgehead atoms. The molecule has 0 amide bonds. The molecule has 90 valence electrons. The SMILES string of the molecule is Cc1cccc(N(C)C(CN)c2cccs2)c1. The van der Waals surface area contributed by atoms with Crippen LogP contribution in [0.2, 0.25) is 0 Å². The number of aryl methyl sites for hydroxylation is 1. The van der Waals surface area contributed by atoms with Crippen molar-refractivity contribution in [1.29, 1.82) is 0 Å². The van der Waals surface area contributed by atoms with Crippen molar-refractivity contribution in [3.05, 3.63) is 52.2 Å². The predicted octanol–water partition coefficient (Wildman–Crippen LogP) is 3.19. The minimum atomic E-state index is 0.261. The first-order chi connectivity index (χ1) is 8.22. The minimum absolute atomic E-state index is 0.261. The van der Waals surface area contributed by atoms with Crippen LogP contribution in [0, 0.1) is 6.92 Å². The normalized spacial score (nSPS) is 12.4. The zero-order valence-corrected chi connectivity index (χ0v) is 11.1. The summed E-state index contributed by atoms with van der Waals surface area (Å²) in [6.45, 7) is 2.74. The average Bonchev–Trinajstić information content (AvgIpc) is 2.83. The Hall–Kier alpha value is -1.32. The number of benzene rings is 1. The molecular formula is C14H18N2S. The fourth-order valence-corrected chi connectivity index (χ4v) is 2.86. The molecule has 1 atom stereocenters. The van der Waals surface area contributed by atoms with Crippen LogP contribution in [0.25, 0.3) is 0 Å². The highest BCUT2D eigenvalue weighted by atomic mass is 32.1. The van der Waals surface area contributed by atoms with Gasteiger partial charge in [-0.3, -0.25) is 0 Å². The van der Waals surface area contributed by atoms with Crippen LogP contribution >= 0.6 is 11.3 Å². The summed E-state index contributed by atoms with van der Waals surface area (Å²) in [5.74, 6) is 0. The lowest BCUT2D eigenvalue weighted by molar-refractivity contribution is 0.692. The summed E-state index contributed by atoms with van der Waals surface area (Å²) in [7, 11) is 2.10. The number of thiophene rings is 1. The fourth-order valence-electron chi connectivity index (χ4n) is 1.97. The summed E-state index contributed by atoms with van der Waals surface area (Å²) in [5.41, 5.74) is 8.40. The quantitative estimate of drug-likeness (QED) is 0.897. The first kappa shape index (κ1) is 12.1. The van der Waals surface area contributed by atoms with E-state index in [9.17, 15) is 0 Å². The standard InChI is InChI=1S/C14H18N2S/c1-11-5-3-6-12(9-11)16(2)13(10-15)14-7-4-8-17-14/h3-9,13H,10,15H2,1-2H3. The van der Waals surface area contributed by atoms with Crippen molar-refractivity contribution in [3.63, 3.8) is 0 Å². The lowest BCUT2D eigenvalue weighted by Crippen LogP contribution is -2.29. The van der Waals surface area contributed by atoms with E-state index in [-0.39, 0.29) is 6.04 Å². The van der Waals surface area contributed by atoms with Crippen LogP contribution < -0.4 is 10.6 Å². The van der Waals surface area contributed by atoms with Crippen LogP contribution in [-0.2, 0) is 0 Å². The fraction of sp³-hybridized carbons (Fsp3) is 0.286. The first-order valence-electron chi connectivity index (χ1n) is 5.75. The van der Waals surface area contributed by atoms with Crippen LogP contribution in [0.15, 0.2) is 41.8 Å². The molecule has 1 aromatic heterocycles. The van der Waals surface area contributed by atoms with E-state index in [1.54, 1.807) is 11.3 Å². The van der Waals surface area contributed by atoms with Crippen LogP contribution in [-0.4, -0.2) is 13.6 Å². The molecule has 2 aromatic rings. The Bertz CT molecular complexity index is 465. The summed E-state index contributed by atoms with van der Waals surface area (Å²) < 4.78 is 0. The van der Waals surface area contributed by atoms with Crippen molar-refractivity contribution in [2.75, 3.05) is 18.5 Å². The number of nitrogens with zero attached hydrogens (tertiary/aromatic N) is 1. The van der Waals surface area contributed by atoms with Crippen molar-refractivity contribution in [3.8, 4) is 0 Å². The molecule has 0 fully saturated rings. The zero-order valence-electron chi connectivity index (χ0n) is 10.3. The zero-order chi connectivity index (χ0) is 12.3. The van der Waals surface area contributed by atoms with Crippen LogP contribution in [0.4, 0.5) is 5.69 Å². The van der Waals surface area contributed by atoms with Gasteiger partial charge < -0.3 is 10.6 Å². The molecule has 1 aromatic carbocycles. The molecule has 0 saturated carbocycles. The van der Waals surface area contributed by atoms with Gasteiger partial charge in [-0.25, -0.2) is 0 Å². The third kappa shape index (κ3) is 2.68. The molecule has 0 aliphatic heterocycles. The molecular weight excluding hydrogens is 228 g/mol. The van der Waals surface area contributed by atoms with Crippen LogP contribution in [0.5, 0.6) is 0 Å². The number of rotatable bonds is 4. The lowest BCUT2D eigenvalue weighted by atomic mass is 10.1. The molecule has 2 nitrogen and oxygen atoms in total. The summed E-state index contributed by atoms with van der Waals surface area (Å²) in [4.78, 5) is 3.57. The summed E-state index contributed by atoms with van der Waals surface area (Å²) in [5, 5.41) is 2.10.